The predicted molar refractivity (Wildman–Crippen MR) is 122 cm³/mol. The number of fused-ring (bicyclic) bond motifs is 1. The minimum atomic E-state index is -0.391. The first-order valence-electron chi connectivity index (χ1n) is 9.06. The Morgan fingerprint density at radius 3 is 2.45 bits per heavy atom. The number of halogens is 4. The van der Waals surface area contributed by atoms with Crippen molar-refractivity contribution in [1.82, 2.24) is 9.97 Å². The number of allylic oxidation sites excluding steroid dienone is 1. The number of H-pyrrole nitrogens is 1. The zero-order valence-electron chi connectivity index (χ0n) is 15.8. The van der Waals surface area contributed by atoms with Gasteiger partial charge < -0.3 is 9.72 Å². The van der Waals surface area contributed by atoms with Gasteiger partial charge in [0.2, 0.25) is 0 Å². The van der Waals surface area contributed by atoms with Crippen molar-refractivity contribution in [2.75, 3.05) is 0 Å². The molecule has 4 nitrogen and oxygen atoms in total. The molecule has 8 heteroatoms. The van der Waals surface area contributed by atoms with Gasteiger partial charge in [-0.3, -0.25) is 0 Å². The van der Waals surface area contributed by atoms with E-state index in [0.29, 0.717) is 43.2 Å². The fraction of sp³-hybridized carbons (Fsp3) is 0.0435. The van der Waals surface area contributed by atoms with E-state index in [1.54, 1.807) is 36.4 Å². The first-order valence-corrected chi connectivity index (χ1v) is 10.2. The molecule has 1 N–H and O–H groups in total. The van der Waals surface area contributed by atoms with Gasteiger partial charge in [0.25, 0.3) is 0 Å². The zero-order valence-corrected chi connectivity index (χ0v) is 18.1. The van der Waals surface area contributed by atoms with E-state index in [2.05, 4.69) is 16.0 Å². The Labute approximate surface area is 192 Å². The molecule has 4 aromatic rings. The van der Waals surface area contributed by atoms with Crippen LogP contribution in [0.5, 0.6) is 5.75 Å². The molecule has 1 heterocycles. The highest BCUT2D eigenvalue weighted by Gasteiger charge is 2.13. The van der Waals surface area contributed by atoms with Crippen LogP contribution in [0.25, 0.3) is 22.7 Å². The third-order valence-corrected chi connectivity index (χ3v) is 5.26. The number of rotatable bonds is 5. The molecule has 0 fully saturated rings. The van der Waals surface area contributed by atoms with E-state index in [9.17, 15) is 9.65 Å². The van der Waals surface area contributed by atoms with E-state index >= 15 is 0 Å². The molecule has 0 radical (unpaired) electrons. The first-order chi connectivity index (χ1) is 14.9. The van der Waals surface area contributed by atoms with Crippen molar-refractivity contribution in [3.63, 3.8) is 0 Å². The van der Waals surface area contributed by atoms with Crippen LogP contribution in [0.15, 0.2) is 54.6 Å². The van der Waals surface area contributed by atoms with Gasteiger partial charge in [-0.25, -0.2) is 9.37 Å². The van der Waals surface area contributed by atoms with Crippen molar-refractivity contribution in [2.24, 2.45) is 0 Å². The Hall–Kier alpha value is -3.04. The lowest BCUT2D eigenvalue weighted by Crippen LogP contribution is -1.97. The highest BCUT2D eigenvalue weighted by atomic mass is 35.5. The number of imidazole rings is 1. The number of nitrogens with one attached hydrogen (secondary N) is 1. The Bertz CT molecular complexity index is 1320. The summed E-state index contributed by atoms with van der Waals surface area (Å²) in [5, 5.41) is 10.8. The number of benzene rings is 3. The summed E-state index contributed by atoms with van der Waals surface area (Å²) in [7, 11) is 0. The molecule has 0 saturated carbocycles. The van der Waals surface area contributed by atoms with Crippen molar-refractivity contribution in [3.05, 3.63) is 92.4 Å². The second-order valence-corrected chi connectivity index (χ2v) is 7.90. The van der Waals surface area contributed by atoms with Crippen molar-refractivity contribution in [1.29, 1.82) is 5.26 Å². The lowest BCUT2D eigenvalue weighted by Gasteiger charge is -2.11. The summed E-state index contributed by atoms with van der Waals surface area (Å²) in [6.45, 7) is 0.269. The van der Waals surface area contributed by atoms with Crippen LogP contribution in [0.2, 0.25) is 15.1 Å². The van der Waals surface area contributed by atoms with Crippen molar-refractivity contribution in [3.8, 4) is 11.8 Å². The highest BCUT2D eigenvalue weighted by molar-refractivity contribution is 6.37. The molecule has 0 atom stereocenters. The molecule has 3 aromatic carbocycles. The Balaban J connectivity index is 1.60. The van der Waals surface area contributed by atoms with Gasteiger partial charge in [0.05, 0.1) is 26.7 Å². The number of nitriles is 1. The van der Waals surface area contributed by atoms with E-state index in [-0.39, 0.29) is 12.2 Å². The van der Waals surface area contributed by atoms with Gasteiger partial charge in [-0.2, -0.15) is 5.26 Å². The van der Waals surface area contributed by atoms with Gasteiger partial charge >= 0.3 is 0 Å². The summed E-state index contributed by atoms with van der Waals surface area (Å²) >= 11 is 18.6. The lowest BCUT2D eigenvalue weighted by molar-refractivity contribution is 0.306. The van der Waals surface area contributed by atoms with Crippen molar-refractivity contribution in [2.45, 2.75) is 6.61 Å². The summed E-state index contributed by atoms with van der Waals surface area (Å²) in [6.07, 6.45) is 1.59. The van der Waals surface area contributed by atoms with Crippen LogP contribution in [0.3, 0.4) is 0 Å². The molecule has 0 spiro atoms. The molecular formula is C23H13Cl3FN3O. The maximum absolute atomic E-state index is 13.4. The average molecular weight is 473 g/mol. The standard InChI is InChI=1S/C23H13Cl3FN3O/c24-16-3-1-13(2-4-16)12-31-22-18(25)8-14(9-19(22)26)7-15(11-28)23-29-20-6-5-17(27)10-21(20)30-23/h1-10H,12H2,(H,29,30)/b15-7-. The topological polar surface area (TPSA) is 61.7 Å². The number of ether oxygens (including phenoxy) is 1. The second-order valence-electron chi connectivity index (χ2n) is 6.65. The number of hydrogen-bond donors (Lipinski definition) is 1. The predicted octanol–water partition coefficient (Wildman–Crippen LogP) is 7.31. The molecule has 0 unspecified atom stereocenters. The third kappa shape index (κ3) is 4.83. The Kier molecular flexibility index (Phi) is 6.15. The van der Waals surface area contributed by atoms with Gasteiger partial charge in [-0.15, -0.1) is 0 Å². The van der Waals surface area contributed by atoms with Gasteiger partial charge in [-0.1, -0.05) is 46.9 Å². The summed E-state index contributed by atoms with van der Waals surface area (Å²) in [5.74, 6) is 0.268. The maximum Gasteiger partial charge on any atom is 0.157 e. The van der Waals surface area contributed by atoms with Crippen molar-refractivity contribution >= 4 is 57.5 Å². The van der Waals surface area contributed by atoms with Crippen LogP contribution in [0.1, 0.15) is 17.0 Å². The monoisotopic (exact) mass is 471 g/mol. The van der Waals surface area contributed by atoms with E-state index in [0.717, 1.165) is 5.56 Å². The number of nitrogens with zero attached hydrogens (tertiary/aromatic N) is 2. The number of hydrogen-bond acceptors (Lipinski definition) is 3. The fourth-order valence-corrected chi connectivity index (χ4v) is 3.71. The van der Waals surface area contributed by atoms with Gasteiger partial charge in [0, 0.05) is 5.02 Å². The third-order valence-electron chi connectivity index (χ3n) is 4.45. The van der Waals surface area contributed by atoms with Crippen LogP contribution in [0, 0.1) is 17.1 Å². The minimum absolute atomic E-state index is 0.249. The molecule has 4 rings (SSSR count). The molecular weight excluding hydrogens is 460 g/mol. The summed E-state index contributed by atoms with van der Waals surface area (Å²) in [6, 6.07) is 16.8. The normalized spacial score (nSPS) is 11.5. The molecule has 0 bridgehead atoms. The lowest BCUT2D eigenvalue weighted by atomic mass is 10.1. The highest BCUT2D eigenvalue weighted by Crippen LogP contribution is 2.36. The summed E-state index contributed by atoms with van der Waals surface area (Å²) < 4.78 is 19.2. The first kappa shape index (κ1) is 21.2. The second kappa shape index (κ2) is 8.99. The molecule has 0 amide bonds. The van der Waals surface area contributed by atoms with Crippen LogP contribution >= 0.6 is 34.8 Å². The van der Waals surface area contributed by atoms with Crippen LogP contribution in [-0.4, -0.2) is 9.97 Å². The van der Waals surface area contributed by atoms with Crippen LogP contribution in [0.4, 0.5) is 4.39 Å². The molecule has 0 aliphatic carbocycles. The fourth-order valence-electron chi connectivity index (χ4n) is 2.97. The summed E-state index contributed by atoms with van der Waals surface area (Å²) in [5.41, 5.74) is 2.81. The van der Waals surface area contributed by atoms with E-state index in [1.165, 1.54) is 12.1 Å². The van der Waals surface area contributed by atoms with E-state index in [4.69, 9.17) is 39.5 Å². The molecule has 154 valence electrons. The molecule has 0 saturated heterocycles. The van der Waals surface area contributed by atoms with Crippen LogP contribution < -0.4 is 4.74 Å². The molecule has 0 aliphatic rings. The zero-order chi connectivity index (χ0) is 22.0. The summed E-state index contributed by atoms with van der Waals surface area (Å²) in [4.78, 5) is 7.29. The maximum atomic E-state index is 13.4. The Morgan fingerprint density at radius 2 is 1.77 bits per heavy atom. The number of aromatic amines is 1. The van der Waals surface area contributed by atoms with Gasteiger partial charge in [0.15, 0.2) is 5.75 Å². The molecule has 31 heavy (non-hydrogen) atoms. The van der Waals surface area contributed by atoms with Crippen LogP contribution in [-0.2, 0) is 6.61 Å². The minimum Gasteiger partial charge on any atom is -0.486 e. The van der Waals surface area contributed by atoms with E-state index in [1.807, 2.05) is 12.1 Å². The average Bonchev–Trinajstić information content (AvgIpc) is 3.15. The Morgan fingerprint density at radius 1 is 1.06 bits per heavy atom. The smallest absolute Gasteiger partial charge is 0.157 e. The SMILES string of the molecule is N#C/C(=C/c1cc(Cl)c(OCc2ccc(Cl)cc2)c(Cl)c1)c1nc2ccc(F)cc2[nH]1. The van der Waals surface area contributed by atoms with E-state index < -0.39 is 5.82 Å². The largest absolute Gasteiger partial charge is 0.486 e. The van der Waals surface area contributed by atoms with Crippen molar-refractivity contribution < 1.29 is 9.13 Å². The molecule has 0 aliphatic heterocycles. The van der Waals surface area contributed by atoms with Gasteiger partial charge in [0.1, 0.15) is 24.3 Å². The quantitative estimate of drug-likeness (QED) is 0.310. The number of aromatic nitrogens is 2. The molecule has 1 aromatic heterocycles. The van der Waals surface area contributed by atoms with Gasteiger partial charge in [-0.05, 0) is 59.7 Å².